The number of benzene rings is 9. The number of rotatable bonds is 6. The highest BCUT2D eigenvalue weighted by Crippen LogP contribution is 2.48. The summed E-state index contributed by atoms with van der Waals surface area (Å²) in [5.74, 6) is 0. The Kier molecular flexibility index (Phi) is 8.36. The number of fused-ring (bicyclic) bond motifs is 8. The summed E-state index contributed by atoms with van der Waals surface area (Å²) in [6.45, 7) is 9.67. The van der Waals surface area contributed by atoms with Gasteiger partial charge in [-0.3, -0.25) is 0 Å². The minimum Gasteiger partial charge on any atom is -0.310 e. The molecule has 63 heavy (non-hydrogen) atoms. The van der Waals surface area contributed by atoms with Gasteiger partial charge in [-0.2, -0.15) is 0 Å². The van der Waals surface area contributed by atoms with Gasteiger partial charge in [-0.1, -0.05) is 149 Å². The summed E-state index contributed by atoms with van der Waals surface area (Å²) < 4.78 is 4.91. The third-order valence-electron chi connectivity index (χ3n) is 14.2. The van der Waals surface area contributed by atoms with E-state index < -0.39 is 0 Å². The minimum absolute atomic E-state index is 0.0953. The van der Waals surface area contributed by atoms with Crippen molar-refractivity contribution in [2.24, 2.45) is 0 Å². The Balaban J connectivity index is 1.10. The van der Waals surface area contributed by atoms with Crippen molar-refractivity contribution in [3.05, 3.63) is 211 Å². The van der Waals surface area contributed by atoms with Crippen LogP contribution >= 0.6 is 0 Å². The molecule has 304 valence electrons. The van der Waals surface area contributed by atoms with Gasteiger partial charge in [0.05, 0.1) is 27.8 Å². The van der Waals surface area contributed by atoms with Gasteiger partial charge in [0.2, 0.25) is 0 Å². The molecule has 0 spiro atoms. The molecule has 12 rings (SSSR count). The van der Waals surface area contributed by atoms with Gasteiger partial charge < -0.3 is 14.0 Å². The first-order valence-corrected chi connectivity index (χ1v) is 22.4. The van der Waals surface area contributed by atoms with Crippen LogP contribution in [0.3, 0.4) is 0 Å². The summed E-state index contributed by atoms with van der Waals surface area (Å²) in [6.07, 6.45) is 2.37. The fourth-order valence-corrected chi connectivity index (χ4v) is 10.8. The normalized spacial score (nSPS) is 14.5. The van der Waals surface area contributed by atoms with E-state index in [0.717, 1.165) is 22.7 Å². The Labute approximate surface area is 369 Å². The predicted octanol–water partition coefficient (Wildman–Crippen LogP) is 16.5. The van der Waals surface area contributed by atoms with Gasteiger partial charge in [-0.15, -0.1) is 0 Å². The molecule has 0 saturated heterocycles. The first kappa shape index (κ1) is 37.4. The van der Waals surface area contributed by atoms with Crippen molar-refractivity contribution in [2.75, 3.05) is 4.90 Å². The van der Waals surface area contributed by atoms with Gasteiger partial charge in [0, 0.05) is 49.7 Å². The van der Waals surface area contributed by atoms with Gasteiger partial charge in [-0.05, 0) is 130 Å². The average Bonchev–Trinajstić information content (AvgIpc) is 3.84. The summed E-state index contributed by atoms with van der Waals surface area (Å²) in [7, 11) is 0. The van der Waals surface area contributed by atoms with Crippen LogP contribution in [0.1, 0.15) is 51.7 Å². The summed E-state index contributed by atoms with van der Waals surface area (Å²) in [5.41, 5.74) is 16.2. The fraction of sp³-hybridized carbons (Fsp3) is 0.133. The number of aromatic nitrogens is 2. The van der Waals surface area contributed by atoms with E-state index >= 15 is 0 Å². The lowest BCUT2D eigenvalue weighted by molar-refractivity contribution is 0.332. The molecule has 3 nitrogen and oxygen atoms in total. The molecule has 0 bridgehead atoms. The van der Waals surface area contributed by atoms with Crippen molar-refractivity contribution in [1.82, 2.24) is 9.13 Å². The number of para-hydroxylation sites is 2. The maximum Gasteiger partial charge on any atom is 0.0547 e. The topological polar surface area (TPSA) is 13.1 Å². The highest BCUT2D eigenvalue weighted by molar-refractivity contribution is 6.17. The summed E-state index contributed by atoms with van der Waals surface area (Å²) >= 11 is 0. The van der Waals surface area contributed by atoms with Crippen LogP contribution in [0.25, 0.3) is 76.9 Å². The maximum atomic E-state index is 2.52. The molecule has 0 atom stereocenters. The van der Waals surface area contributed by atoms with Crippen LogP contribution in [-0.2, 0) is 10.8 Å². The van der Waals surface area contributed by atoms with Crippen molar-refractivity contribution >= 4 is 71.4 Å². The van der Waals surface area contributed by atoms with Crippen LogP contribution in [0.2, 0.25) is 0 Å². The van der Waals surface area contributed by atoms with Crippen molar-refractivity contribution in [1.29, 1.82) is 0 Å². The van der Waals surface area contributed by atoms with Gasteiger partial charge in [0.25, 0.3) is 0 Å². The van der Waals surface area contributed by atoms with Crippen LogP contribution in [0.5, 0.6) is 0 Å². The molecule has 9 aromatic carbocycles. The van der Waals surface area contributed by atoms with Gasteiger partial charge >= 0.3 is 0 Å². The van der Waals surface area contributed by atoms with Crippen molar-refractivity contribution in [3.63, 3.8) is 0 Å². The third kappa shape index (κ3) is 5.87. The summed E-state index contributed by atoms with van der Waals surface area (Å²) in [5, 5.41) is 7.44. The molecule has 1 aliphatic carbocycles. The second kappa shape index (κ2) is 14.1. The molecule has 0 aliphatic heterocycles. The van der Waals surface area contributed by atoms with Crippen molar-refractivity contribution < 1.29 is 0 Å². The summed E-state index contributed by atoms with van der Waals surface area (Å²) in [6, 6.07) is 74.2. The standard InChI is InChI=1S/C60H49N3/c1-59(2)36-37-60(3,4)52-39-45(32-34-51(52)59)63-56-35-33-44(38-50(56)58-47(23-15-27-57(58)63)41-16-6-5-7-17-41)61(53-26-14-19-40-18-8-9-20-46(40)53)42-28-30-43(31-29-42)62-54-24-12-10-21-48(54)49-22-11-13-25-55(49)62/h5-35,38-39H,36-37H2,1-4H3. The highest BCUT2D eigenvalue weighted by Gasteiger charge is 2.37. The quantitative estimate of drug-likeness (QED) is 0.163. The van der Waals surface area contributed by atoms with Crippen molar-refractivity contribution in [2.45, 2.75) is 51.4 Å². The fourth-order valence-electron chi connectivity index (χ4n) is 10.8. The van der Waals surface area contributed by atoms with E-state index in [4.69, 9.17) is 0 Å². The van der Waals surface area contributed by atoms with E-state index in [1.54, 1.807) is 0 Å². The Morgan fingerprint density at radius 3 is 1.70 bits per heavy atom. The molecule has 3 heteroatoms. The Bertz CT molecular complexity index is 3510. The van der Waals surface area contributed by atoms with E-state index in [1.165, 1.54) is 95.2 Å². The van der Waals surface area contributed by atoms with Crippen LogP contribution in [0.15, 0.2) is 200 Å². The maximum absolute atomic E-state index is 2.52. The second-order valence-corrected chi connectivity index (χ2v) is 18.8. The number of nitrogens with zero attached hydrogens (tertiary/aromatic N) is 3. The molecule has 1 aliphatic rings. The SMILES string of the molecule is CC1(C)CCC(C)(C)c2cc(-n3c4ccc(N(c5ccc(-n6c7ccccc7c7ccccc76)cc5)c5cccc6ccccc56)cc4c4c(-c5ccccc5)cccc43)ccc21. The van der Waals surface area contributed by atoms with E-state index in [1.807, 2.05) is 0 Å². The zero-order valence-corrected chi connectivity index (χ0v) is 36.3. The monoisotopic (exact) mass is 811 g/mol. The minimum atomic E-state index is 0.0953. The first-order valence-electron chi connectivity index (χ1n) is 22.4. The lowest BCUT2D eigenvalue weighted by atomic mass is 9.63. The smallest absolute Gasteiger partial charge is 0.0547 e. The molecule has 2 heterocycles. The molecule has 0 fully saturated rings. The van der Waals surface area contributed by atoms with Crippen molar-refractivity contribution in [3.8, 4) is 22.5 Å². The lowest BCUT2D eigenvalue weighted by Gasteiger charge is -2.42. The largest absolute Gasteiger partial charge is 0.310 e. The molecule has 0 unspecified atom stereocenters. The molecule has 0 radical (unpaired) electrons. The van der Waals surface area contributed by atoms with Gasteiger partial charge in [0.15, 0.2) is 0 Å². The van der Waals surface area contributed by atoms with Gasteiger partial charge in [0.1, 0.15) is 0 Å². The molecular formula is C60H49N3. The number of hydrogen-bond acceptors (Lipinski definition) is 1. The van der Waals surface area contributed by atoms with E-state index in [-0.39, 0.29) is 10.8 Å². The predicted molar refractivity (Wildman–Crippen MR) is 268 cm³/mol. The summed E-state index contributed by atoms with van der Waals surface area (Å²) in [4.78, 5) is 2.45. The van der Waals surface area contributed by atoms with Gasteiger partial charge in [-0.25, -0.2) is 0 Å². The van der Waals surface area contributed by atoms with E-state index in [2.05, 4.69) is 242 Å². The first-order chi connectivity index (χ1) is 30.7. The van der Waals surface area contributed by atoms with Crippen LogP contribution < -0.4 is 4.90 Å². The van der Waals surface area contributed by atoms with Crippen LogP contribution in [0, 0.1) is 0 Å². The zero-order chi connectivity index (χ0) is 42.5. The molecular weight excluding hydrogens is 763 g/mol. The van der Waals surface area contributed by atoms with E-state index in [9.17, 15) is 0 Å². The molecule has 11 aromatic rings. The highest BCUT2D eigenvalue weighted by atomic mass is 15.1. The average molecular weight is 812 g/mol. The molecule has 2 aromatic heterocycles. The van der Waals surface area contributed by atoms with E-state index in [0.29, 0.717) is 0 Å². The van der Waals surface area contributed by atoms with Crippen LogP contribution in [0.4, 0.5) is 17.1 Å². The zero-order valence-electron chi connectivity index (χ0n) is 36.3. The second-order valence-electron chi connectivity index (χ2n) is 18.8. The molecule has 0 amide bonds. The Morgan fingerprint density at radius 2 is 0.952 bits per heavy atom. The Morgan fingerprint density at radius 1 is 0.397 bits per heavy atom. The molecule has 0 N–H and O–H groups in total. The molecule has 0 saturated carbocycles. The Hall–Kier alpha value is -7.36. The third-order valence-corrected chi connectivity index (χ3v) is 14.2. The number of anilines is 3. The van der Waals surface area contributed by atoms with Crippen LogP contribution in [-0.4, -0.2) is 9.13 Å². The number of hydrogen-bond donors (Lipinski definition) is 0. The lowest BCUT2D eigenvalue weighted by Crippen LogP contribution is -2.33.